The quantitative estimate of drug-likeness (QED) is 0.199. The lowest BCUT2D eigenvalue weighted by Gasteiger charge is -2.19. The molecule has 2 heterocycles. The molecule has 0 aliphatic carbocycles. The van der Waals surface area contributed by atoms with Crippen LogP contribution in [0.1, 0.15) is 55.6 Å². The number of furan rings is 1. The number of hydrogen-bond donors (Lipinski definition) is 1. The van der Waals surface area contributed by atoms with Crippen LogP contribution >= 0.6 is 0 Å². The number of rotatable bonds is 9. The number of pyridine rings is 1. The molecular weight excluding hydrogens is 565 g/mol. The molecule has 0 saturated carbocycles. The topological polar surface area (TPSA) is 99.9 Å². The molecule has 0 saturated heterocycles. The van der Waals surface area contributed by atoms with Crippen molar-refractivity contribution in [2.75, 3.05) is 6.61 Å². The van der Waals surface area contributed by atoms with E-state index in [0.29, 0.717) is 40.0 Å². The summed E-state index contributed by atoms with van der Waals surface area (Å²) in [5.41, 5.74) is 1.77. The molecule has 2 aromatic heterocycles. The molecular formula is C32H33F3N2O6. The molecule has 228 valence electrons. The summed E-state index contributed by atoms with van der Waals surface area (Å²) in [6.07, 6.45) is -3.08. The molecule has 0 aliphatic heterocycles. The fourth-order valence-corrected chi connectivity index (χ4v) is 4.40. The second-order valence-electron chi connectivity index (χ2n) is 10.9. The molecule has 1 N–H and O–H groups in total. The van der Waals surface area contributed by atoms with Gasteiger partial charge in [0.2, 0.25) is 0 Å². The van der Waals surface area contributed by atoms with Crippen LogP contribution in [0, 0.1) is 6.92 Å². The number of aromatic nitrogens is 1. The summed E-state index contributed by atoms with van der Waals surface area (Å²) in [6.45, 7) is 9.01. The van der Waals surface area contributed by atoms with Crippen molar-refractivity contribution in [1.29, 1.82) is 0 Å². The van der Waals surface area contributed by atoms with E-state index in [1.807, 2.05) is 13.0 Å². The van der Waals surface area contributed by atoms with Gasteiger partial charge in [0, 0.05) is 22.7 Å². The maximum Gasteiger partial charge on any atom is 0.420 e. The lowest BCUT2D eigenvalue weighted by molar-refractivity contribution is -0.142. The first kappa shape index (κ1) is 31.4. The van der Waals surface area contributed by atoms with Crippen LogP contribution in [0.5, 0.6) is 5.75 Å². The molecule has 4 aromatic rings. The monoisotopic (exact) mass is 598 g/mol. The minimum Gasteiger partial charge on any atom is -0.489 e. The number of ether oxygens (including phenoxy) is 3. The van der Waals surface area contributed by atoms with E-state index in [-0.39, 0.29) is 37.1 Å². The number of halogens is 3. The van der Waals surface area contributed by atoms with Crippen molar-refractivity contribution in [1.82, 2.24) is 10.3 Å². The Kier molecular flexibility index (Phi) is 9.32. The molecule has 2 aromatic carbocycles. The standard InChI is InChI=1S/C32H33F3N2O6/c1-6-40-28(38)15-22-8-7-19(2)11-27(22)41-17-20-12-24(29-25(13-20)26(18-42-29)32(33,34)35)21-9-10-36-23(14-21)16-37-30(39)43-31(3,4)5/h7-14,18H,6,15-17H2,1-5H3,(H,37,39). The first-order valence-electron chi connectivity index (χ1n) is 13.6. The number of hydrogen-bond acceptors (Lipinski definition) is 7. The van der Waals surface area contributed by atoms with E-state index in [1.54, 1.807) is 58.0 Å². The summed E-state index contributed by atoms with van der Waals surface area (Å²) in [5, 5.41) is 2.51. The van der Waals surface area contributed by atoms with E-state index in [9.17, 15) is 22.8 Å². The van der Waals surface area contributed by atoms with Crippen molar-refractivity contribution in [3.63, 3.8) is 0 Å². The average molecular weight is 599 g/mol. The fraction of sp³-hybridized carbons (Fsp3) is 0.344. The van der Waals surface area contributed by atoms with E-state index < -0.39 is 29.4 Å². The van der Waals surface area contributed by atoms with Crippen LogP contribution < -0.4 is 10.1 Å². The van der Waals surface area contributed by atoms with Gasteiger partial charge in [-0.05, 0) is 81.6 Å². The van der Waals surface area contributed by atoms with E-state index >= 15 is 0 Å². The van der Waals surface area contributed by atoms with Gasteiger partial charge in [-0.3, -0.25) is 9.78 Å². The smallest absolute Gasteiger partial charge is 0.420 e. The molecule has 0 bridgehead atoms. The van der Waals surface area contributed by atoms with Crippen LogP contribution in [0.2, 0.25) is 0 Å². The predicted molar refractivity (Wildman–Crippen MR) is 153 cm³/mol. The molecule has 11 heteroatoms. The number of carbonyl (C=O) groups excluding carboxylic acids is 2. The number of esters is 1. The van der Waals surface area contributed by atoms with Crippen molar-refractivity contribution < 1.29 is 41.4 Å². The SMILES string of the molecule is CCOC(=O)Cc1ccc(C)cc1OCc1cc(-c2ccnc(CNC(=O)OC(C)(C)C)c2)c2occ(C(F)(F)F)c2c1. The van der Waals surface area contributed by atoms with Crippen LogP contribution in [0.3, 0.4) is 0 Å². The highest BCUT2D eigenvalue weighted by atomic mass is 19.4. The lowest BCUT2D eigenvalue weighted by Crippen LogP contribution is -2.32. The summed E-state index contributed by atoms with van der Waals surface area (Å²) in [5.74, 6) is 0.0140. The van der Waals surface area contributed by atoms with Gasteiger partial charge in [-0.15, -0.1) is 0 Å². The maximum atomic E-state index is 13.9. The van der Waals surface area contributed by atoms with Crippen LogP contribution in [0.25, 0.3) is 22.1 Å². The highest BCUT2D eigenvalue weighted by molar-refractivity contribution is 5.95. The molecule has 0 atom stereocenters. The number of benzene rings is 2. The van der Waals surface area contributed by atoms with Crippen molar-refractivity contribution in [2.24, 2.45) is 0 Å². The molecule has 0 spiro atoms. The van der Waals surface area contributed by atoms with E-state index in [1.165, 1.54) is 12.3 Å². The Morgan fingerprint density at radius 3 is 2.51 bits per heavy atom. The van der Waals surface area contributed by atoms with E-state index in [0.717, 1.165) is 5.56 Å². The zero-order chi connectivity index (χ0) is 31.4. The Balaban J connectivity index is 1.68. The fourth-order valence-electron chi connectivity index (χ4n) is 4.40. The van der Waals surface area contributed by atoms with Gasteiger partial charge in [0.15, 0.2) is 0 Å². The minimum atomic E-state index is -4.65. The summed E-state index contributed by atoms with van der Waals surface area (Å²) >= 11 is 0. The third-order valence-corrected chi connectivity index (χ3v) is 6.24. The number of alkyl carbamates (subject to hydrolysis) is 1. The zero-order valence-electron chi connectivity index (χ0n) is 24.6. The Hall–Kier alpha value is -4.54. The summed E-state index contributed by atoms with van der Waals surface area (Å²) in [7, 11) is 0. The number of amides is 1. The second kappa shape index (κ2) is 12.8. The first-order valence-corrected chi connectivity index (χ1v) is 13.6. The number of aryl methyl sites for hydroxylation is 1. The van der Waals surface area contributed by atoms with E-state index in [2.05, 4.69) is 10.3 Å². The molecule has 0 radical (unpaired) electrons. The van der Waals surface area contributed by atoms with Gasteiger partial charge >= 0.3 is 18.2 Å². The van der Waals surface area contributed by atoms with Gasteiger partial charge in [0.25, 0.3) is 0 Å². The normalized spacial score (nSPS) is 11.8. The summed E-state index contributed by atoms with van der Waals surface area (Å²) in [4.78, 5) is 28.5. The highest BCUT2D eigenvalue weighted by Gasteiger charge is 2.35. The number of fused-ring (bicyclic) bond motifs is 1. The van der Waals surface area contributed by atoms with Gasteiger partial charge in [-0.25, -0.2) is 4.79 Å². The molecule has 0 aliphatic rings. The number of carbonyl (C=O) groups is 2. The van der Waals surface area contributed by atoms with Crippen molar-refractivity contribution in [2.45, 2.75) is 66.0 Å². The van der Waals surface area contributed by atoms with Crippen molar-refractivity contribution >= 4 is 23.0 Å². The van der Waals surface area contributed by atoms with Gasteiger partial charge < -0.3 is 23.9 Å². The minimum absolute atomic E-state index is 0.00911. The lowest BCUT2D eigenvalue weighted by atomic mass is 9.99. The van der Waals surface area contributed by atoms with Crippen LogP contribution in [-0.2, 0) is 40.0 Å². The molecule has 43 heavy (non-hydrogen) atoms. The van der Waals surface area contributed by atoms with Gasteiger partial charge in [0.05, 0.1) is 25.3 Å². The number of nitrogens with one attached hydrogen (secondary N) is 1. The largest absolute Gasteiger partial charge is 0.489 e. The molecule has 0 fully saturated rings. The first-order chi connectivity index (χ1) is 20.2. The molecule has 0 unspecified atom stereocenters. The Morgan fingerprint density at radius 2 is 1.81 bits per heavy atom. The molecule has 8 nitrogen and oxygen atoms in total. The van der Waals surface area contributed by atoms with Crippen molar-refractivity contribution in [3.8, 4) is 16.9 Å². The number of alkyl halides is 3. The van der Waals surface area contributed by atoms with Crippen LogP contribution in [0.4, 0.5) is 18.0 Å². The maximum absolute atomic E-state index is 13.9. The van der Waals surface area contributed by atoms with Crippen LogP contribution in [-0.4, -0.2) is 29.3 Å². The second-order valence-corrected chi connectivity index (χ2v) is 10.9. The Labute approximate surface area is 247 Å². The summed E-state index contributed by atoms with van der Waals surface area (Å²) in [6, 6.07) is 11.7. The molecule has 1 amide bonds. The van der Waals surface area contributed by atoms with Crippen LogP contribution in [0.15, 0.2) is 59.3 Å². The summed E-state index contributed by atoms with van der Waals surface area (Å²) < 4.78 is 63.6. The predicted octanol–water partition coefficient (Wildman–Crippen LogP) is 7.53. The Bertz CT molecular complexity index is 1620. The van der Waals surface area contributed by atoms with Gasteiger partial charge in [0.1, 0.15) is 35.4 Å². The molecule has 4 rings (SSSR count). The third kappa shape index (κ3) is 8.27. The average Bonchev–Trinajstić information content (AvgIpc) is 3.36. The van der Waals surface area contributed by atoms with E-state index in [4.69, 9.17) is 18.6 Å². The third-order valence-electron chi connectivity index (χ3n) is 6.24. The zero-order valence-corrected chi connectivity index (χ0v) is 24.6. The highest BCUT2D eigenvalue weighted by Crippen LogP contribution is 2.40. The Morgan fingerprint density at radius 1 is 1.05 bits per heavy atom. The van der Waals surface area contributed by atoms with Crippen molar-refractivity contribution in [3.05, 3.63) is 82.9 Å². The van der Waals surface area contributed by atoms with Gasteiger partial charge in [-0.1, -0.05) is 12.1 Å². The van der Waals surface area contributed by atoms with Gasteiger partial charge in [-0.2, -0.15) is 13.2 Å². The number of nitrogens with zero attached hydrogens (tertiary/aromatic N) is 1.